The molecule has 2 nitrogen and oxygen atoms in total. The molecule has 0 spiro atoms. The minimum atomic E-state index is -0.194. The van der Waals surface area contributed by atoms with Crippen molar-refractivity contribution in [2.45, 2.75) is 25.1 Å². The quantitative estimate of drug-likeness (QED) is 0.856. The van der Waals surface area contributed by atoms with Gasteiger partial charge in [0.1, 0.15) is 5.82 Å². The van der Waals surface area contributed by atoms with Crippen LogP contribution in [0, 0.1) is 5.82 Å². The highest BCUT2D eigenvalue weighted by Gasteiger charge is 2.17. The average Bonchev–Trinajstić information content (AvgIpc) is 2.64. The molecule has 1 aromatic carbocycles. The van der Waals surface area contributed by atoms with Gasteiger partial charge in [0.05, 0.1) is 12.6 Å². The van der Waals surface area contributed by atoms with Crippen molar-refractivity contribution in [2.24, 2.45) is 4.99 Å². The van der Waals surface area contributed by atoms with Gasteiger partial charge in [0.2, 0.25) is 0 Å². The lowest BCUT2D eigenvalue weighted by atomic mass is 10.1. The Hall–Kier alpha value is -1.03. The van der Waals surface area contributed by atoms with Gasteiger partial charge in [-0.15, -0.1) is 0 Å². The van der Waals surface area contributed by atoms with E-state index in [1.54, 1.807) is 23.9 Å². The number of hydrogen-bond donors (Lipinski definition) is 1. The normalized spacial score (nSPS) is 21.7. The van der Waals surface area contributed by atoms with Crippen molar-refractivity contribution in [3.05, 3.63) is 35.6 Å². The van der Waals surface area contributed by atoms with Crippen LogP contribution in [0.15, 0.2) is 29.3 Å². The van der Waals surface area contributed by atoms with Crippen molar-refractivity contribution in [2.75, 3.05) is 6.54 Å². The van der Waals surface area contributed by atoms with E-state index in [0.29, 0.717) is 5.25 Å². The van der Waals surface area contributed by atoms with Gasteiger partial charge in [0.15, 0.2) is 5.17 Å². The first-order valence-electron chi connectivity index (χ1n) is 5.38. The van der Waals surface area contributed by atoms with Crippen LogP contribution in [0.3, 0.4) is 0 Å². The summed E-state index contributed by atoms with van der Waals surface area (Å²) in [5.74, 6) is -0.194. The fraction of sp³-hybridized carbons (Fsp3) is 0.417. The predicted molar refractivity (Wildman–Crippen MR) is 67.3 cm³/mol. The summed E-state index contributed by atoms with van der Waals surface area (Å²) in [6.07, 6.45) is 0. The maximum absolute atomic E-state index is 13.0. The third-order valence-electron chi connectivity index (χ3n) is 2.49. The molecule has 0 saturated carbocycles. The molecule has 0 aromatic heterocycles. The zero-order valence-electron chi connectivity index (χ0n) is 9.40. The first kappa shape index (κ1) is 11.5. The first-order valence-corrected chi connectivity index (χ1v) is 6.26. The van der Waals surface area contributed by atoms with E-state index in [1.807, 2.05) is 13.0 Å². The van der Waals surface area contributed by atoms with Gasteiger partial charge in [0.25, 0.3) is 0 Å². The van der Waals surface area contributed by atoms with Crippen molar-refractivity contribution >= 4 is 16.9 Å². The lowest BCUT2D eigenvalue weighted by Crippen LogP contribution is -2.23. The van der Waals surface area contributed by atoms with E-state index in [0.717, 1.165) is 17.3 Å². The number of rotatable bonds is 2. The van der Waals surface area contributed by atoms with Gasteiger partial charge in [-0.3, -0.25) is 4.99 Å². The largest absolute Gasteiger partial charge is 0.358 e. The number of amidine groups is 1. The molecule has 2 atom stereocenters. The van der Waals surface area contributed by atoms with Crippen LogP contribution in [0.25, 0.3) is 0 Å². The van der Waals surface area contributed by atoms with E-state index in [9.17, 15) is 4.39 Å². The highest BCUT2D eigenvalue weighted by Crippen LogP contribution is 2.21. The Morgan fingerprint density at radius 2 is 2.38 bits per heavy atom. The minimum Gasteiger partial charge on any atom is -0.358 e. The molecule has 0 bridgehead atoms. The molecule has 0 radical (unpaired) electrons. The molecule has 86 valence electrons. The number of nitrogens with zero attached hydrogens (tertiary/aromatic N) is 1. The van der Waals surface area contributed by atoms with Crippen LogP contribution in [0.2, 0.25) is 0 Å². The zero-order valence-corrected chi connectivity index (χ0v) is 10.2. The second kappa shape index (κ2) is 4.87. The molecule has 0 fully saturated rings. The van der Waals surface area contributed by atoms with Crippen molar-refractivity contribution in [1.82, 2.24) is 5.32 Å². The van der Waals surface area contributed by atoms with E-state index >= 15 is 0 Å². The van der Waals surface area contributed by atoms with Gasteiger partial charge in [-0.05, 0) is 24.6 Å². The summed E-state index contributed by atoms with van der Waals surface area (Å²) in [6, 6.07) is 6.76. The number of benzene rings is 1. The monoisotopic (exact) mass is 238 g/mol. The second-order valence-corrected chi connectivity index (χ2v) is 5.42. The third kappa shape index (κ3) is 2.76. The van der Waals surface area contributed by atoms with E-state index in [2.05, 4.69) is 17.2 Å². The lowest BCUT2D eigenvalue weighted by molar-refractivity contribution is 0.618. The molecule has 0 saturated heterocycles. The predicted octanol–water partition coefficient (Wildman–Crippen LogP) is 2.97. The molecule has 4 heteroatoms. The van der Waals surface area contributed by atoms with Gasteiger partial charge < -0.3 is 5.32 Å². The molecule has 1 N–H and O–H groups in total. The molecule has 1 aromatic rings. The third-order valence-corrected chi connectivity index (χ3v) is 3.52. The van der Waals surface area contributed by atoms with Crippen LogP contribution in [0.5, 0.6) is 0 Å². The van der Waals surface area contributed by atoms with Crippen LogP contribution in [0.4, 0.5) is 4.39 Å². The maximum Gasteiger partial charge on any atom is 0.157 e. The Balaban J connectivity index is 2.00. The van der Waals surface area contributed by atoms with Crippen LogP contribution < -0.4 is 5.32 Å². The summed E-state index contributed by atoms with van der Waals surface area (Å²) in [7, 11) is 0. The highest BCUT2D eigenvalue weighted by molar-refractivity contribution is 8.14. The number of nitrogens with one attached hydrogen (secondary N) is 1. The molecule has 2 rings (SSSR count). The summed E-state index contributed by atoms with van der Waals surface area (Å²) < 4.78 is 13.0. The highest BCUT2D eigenvalue weighted by atomic mass is 32.2. The van der Waals surface area contributed by atoms with Gasteiger partial charge in [-0.25, -0.2) is 4.39 Å². The number of thioether (sulfide) groups is 1. The van der Waals surface area contributed by atoms with Crippen molar-refractivity contribution < 1.29 is 4.39 Å². The molecular formula is C12H15FN2S. The molecule has 1 heterocycles. The molecule has 2 unspecified atom stereocenters. The van der Waals surface area contributed by atoms with Crippen LogP contribution in [-0.4, -0.2) is 17.0 Å². The Kier molecular flexibility index (Phi) is 3.49. The topological polar surface area (TPSA) is 24.4 Å². The minimum absolute atomic E-state index is 0.0900. The van der Waals surface area contributed by atoms with Gasteiger partial charge >= 0.3 is 0 Å². The summed E-state index contributed by atoms with van der Waals surface area (Å²) in [5, 5.41) is 4.81. The molecule has 1 aliphatic heterocycles. The fourth-order valence-electron chi connectivity index (χ4n) is 1.60. The Morgan fingerprint density at radius 1 is 1.56 bits per heavy atom. The summed E-state index contributed by atoms with van der Waals surface area (Å²) in [4.78, 5) is 4.38. The summed E-state index contributed by atoms with van der Waals surface area (Å²) >= 11 is 1.74. The average molecular weight is 238 g/mol. The first-order chi connectivity index (χ1) is 7.65. The van der Waals surface area contributed by atoms with E-state index in [4.69, 9.17) is 0 Å². The van der Waals surface area contributed by atoms with E-state index in [1.165, 1.54) is 6.07 Å². The van der Waals surface area contributed by atoms with Gasteiger partial charge in [-0.1, -0.05) is 30.8 Å². The summed E-state index contributed by atoms with van der Waals surface area (Å²) in [5.41, 5.74) is 0.947. The smallest absolute Gasteiger partial charge is 0.157 e. The Bertz CT molecular complexity index is 406. The lowest BCUT2D eigenvalue weighted by Gasteiger charge is -2.15. The number of aliphatic imine (C=N–C) groups is 1. The molecule has 0 aliphatic carbocycles. The SMILES string of the molecule is CC1CN=C(NC(C)c2cccc(F)c2)S1. The molecule has 16 heavy (non-hydrogen) atoms. The fourth-order valence-corrected chi connectivity index (χ4v) is 2.52. The zero-order chi connectivity index (χ0) is 11.5. The van der Waals surface area contributed by atoms with Crippen molar-refractivity contribution in [3.63, 3.8) is 0 Å². The van der Waals surface area contributed by atoms with Gasteiger partial charge in [-0.2, -0.15) is 0 Å². The van der Waals surface area contributed by atoms with Crippen LogP contribution in [-0.2, 0) is 0 Å². The summed E-state index contributed by atoms with van der Waals surface area (Å²) in [6.45, 7) is 5.03. The second-order valence-electron chi connectivity index (χ2n) is 4.00. The molecule has 0 amide bonds. The van der Waals surface area contributed by atoms with Crippen molar-refractivity contribution in [1.29, 1.82) is 0 Å². The Morgan fingerprint density at radius 3 is 3.00 bits per heavy atom. The van der Waals surface area contributed by atoms with Crippen LogP contribution in [0.1, 0.15) is 25.5 Å². The van der Waals surface area contributed by atoms with Crippen LogP contribution >= 0.6 is 11.8 Å². The number of hydrogen-bond acceptors (Lipinski definition) is 3. The van der Waals surface area contributed by atoms with E-state index in [-0.39, 0.29) is 11.9 Å². The van der Waals surface area contributed by atoms with Gasteiger partial charge in [0, 0.05) is 5.25 Å². The van der Waals surface area contributed by atoms with E-state index < -0.39 is 0 Å². The standard InChI is InChI=1S/C12H15FN2S/c1-8-7-14-12(16-8)15-9(2)10-4-3-5-11(13)6-10/h3-6,8-9H,7H2,1-2H3,(H,14,15). The Labute approximate surface area is 99.3 Å². The maximum atomic E-state index is 13.0. The number of halogens is 1. The van der Waals surface area contributed by atoms with Crippen molar-refractivity contribution in [3.8, 4) is 0 Å². The molecule has 1 aliphatic rings. The molecular weight excluding hydrogens is 223 g/mol.